The van der Waals surface area contributed by atoms with E-state index in [9.17, 15) is 4.39 Å². The molecule has 4 rings (SSSR count). The third-order valence-corrected chi connectivity index (χ3v) is 4.92. The van der Waals surface area contributed by atoms with E-state index < -0.39 is 5.82 Å². The van der Waals surface area contributed by atoms with E-state index in [1.165, 1.54) is 17.2 Å². The van der Waals surface area contributed by atoms with Crippen LogP contribution in [0.15, 0.2) is 65.2 Å². The minimum atomic E-state index is -0.416. The number of rotatable bonds is 6. The fourth-order valence-electron chi connectivity index (χ4n) is 3.07. The van der Waals surface area contributed by atoms with Crippen LogP contribution in [0.1, 0.15) is 16.7 Å². The number of aryl methyl sites for hydroxylation is 2. The Kier molecular flexibility index (Phi) is 5.48. The van der Waals surface area contributed by atoms with Crippen LogP contribution < -0.4 is 9.47 Å². The van der Waals surface area contributed by atoms with Crippen LogP contribution in [0.2, 0.25) is 0 Å². The molecule has 0 aliphatic heterocycles. The Bertz CT molecular complexity index is 1190. The number of nitrogens with zero attached hydrogens (tertiary/aromatic N) is 2. The molecule has 4 aromatic rings. The van der Waals surface area contributed by atoms with Gasteiger partial charge in [-0.25, -0.2) is 4.39 Å². The number of methoxy groups -OCH3 is 1. The normalized spacial score (nSPS) is 10.8. The van der Waals surface area contributed by atoms with Gasteiger partial charge in [0, 0.05) is 5.56 Å². The summed E-state index contributed by atoms with van der Waals surface area (Å²) in [5, 5.41) is 3.97. The maximum Gasteiger partial charge on any atom is 0.261 e. The van der Waals surface area contributed by atoms with Gasteiger partial charge in [-0.15, -0.1) is 0 Å². The lowest BCUT2D eigenvalue weighted by Crippen LogP contribution is -1.99. The monoisotopic (exact) mass is 404 g/mol. The van der Waals surface area contributed by atoms with Gasteiger partial charge < -0.3 is 14.0 Å². The SMILES string of the molecule is COc1cc(-c2noc(-c3ccccc3F)n2)ccc1OCc1ccc(C)c(C)c1. The third kappa shape index (κ3) is 4.03. The van der Waals surface area contributed by atoms with Crippen molar-refractivity contribution in [3.63, 3.8) is 0 Å². The minimum Gasteiger partial charge on any atom is -0.493 e. The summed E-state index contributed by atoms with van der Waals surface area (Å²) in [7, 11) is 1.57. The Labute approximate surface area is 174 Å². The summed E-state index contributed by atoms with van der Waals surface area (Å²) in [5.41, 5.74) is 4.49. The van der Waals surface area contributed by atoms with E-state index in [4.69, 9.17) is 14.0 Å². The largest absolute Gasteiger partial charge is 0.493 e. The molecular weight excluding hydrogens is 383 g/mol. The van der Waals surface area contributed by atoms with E-state index >= 15 is 0 Å². The molecule has 3 aromatic carbocycles. The smallest absolute Gasteiger partial charge is 0.261 e. The van der Waals surface area contributed by atoms with Crippen molar-refractivity contribution in [1.29, 1.82) is 0 Å². The van der Waals surface area contributed by atoms with Crippen LogP contribution in [0.4, 0.5) is 4.39 Å². The Balaban J connectivity index is 1.55. The zero-order valence-electron chi connectivity index (χ0n) is 17.0. The fourth-order valence-corrected chi connectivity index (χ4v) is 3.07. The van der Waals surface area contributed by atoms with Gasteiger partial charge in [-0.05, 0) is 60.9 Å². The van der Waals surface area contributed by atoms with E-state index in [1.54, 1.807) is 37.4 Å². The van der Waals surface area contributed by atoms with Crippen molar-refractivity contribution in [2.75, 3.05) is 7.11 Å². The summed E-state index contributed by atoms with van der Waals surface area (Å²) in [5.74, 6) is 1.20. The maximum absolute atomic E-state index is 14.0. The highest BCUT2D eigenvalue weighted by molar-refractivity contribution is 5.63. The highest BCUT2D eigenvalue weighted by Gasteiger charge is 2.16. The van der Waals surface area contributed by atoms with E-state index in [2.05, 4.69) is 36.1 Å². The van der Waals surface area contributed by atoms with Gasteiger partial charge in [-0.1, -0.05) is 35.5 Å². The first-order chi connectivity index (χ1) is 14.5. The van der Waals surface area contributed by atoms with Crippen molar-refractivity contribution in [2.24, 2.45) is 0 Å². The van der Waals surface area contributed by atoms with Crippen LogP contribution in [0.25, 0.3) is 22.8 Å². The van der Waals surface area contributed by atoms with Crippen LogP contribution in [-0.4, -0.2) is 17.3 Å². The molecule has 0 unspecified atom stereocenters. The summed E-state index contributed by atoms with van der Waals surface area (Å²) in [6.07, 6.45) is 0. The Morgan fingerprint density at radius 1 is 0.933 bits per heavy atom. The van der Waals surface area contributed by atoms with E-state index in [-0.39, 0.29) is 11.5 Å². The fraction of sp³-hybridized carbons (Fsp3) is 0.167. The Morgan fingerprint density at radius 3 is 2.53 bits per heavy atom. The molecule has 0 saturated carbocycles. The lowest BCUT2D eigenvalue weighted by atomic mass is 10.1. The predicted octanol–water partition coefficient (Wildman–Crippen LogP) is 5.75. The number of hydrogen-bond acceptors (Lipinski definition) is 5. The van der Waals surface area contributed by atoms with Gasteiger partial charge in [0.25, 0.3) is 5.89 Å². The number of aromatic nitrogens is 2. The lowest BCUT2D eigenvalue weighted by molar-refractivity contribution is 0.284. The summed E-state index contributed by atoms with van der Waals surface area (Å²) in [6.45, 7) is 4.59. The molecule has 0 amide bonds. The first kappa shape index (κ1) is 19.6. The van der Waals surface area contributed by atoms with Crippen molar-refractivity contribution in [1.82, 2.24) is 10.1 Å². The Morgan fingerprint density at radius 2 is 1.77 bits per heavy atom. The first-order valence-electron chi connectivity index (χ1n) is 9.51. The standard InChI is InChI=1S/C24H21FN2O3/c1-15-8-9-17(12-16(15)2)14-29-21-11-10-18(13-22(21)28-3)23-26-24(30-27-23)19-6-4-5-7-20(19)25/h4-13H,14H2,1-3H3. The van der Waals surface area contributed by atoms with Crippen molar-refractivity contribution < 1.29 is 18.4 Å². The van der Waals surface area contributed by atoms with Crippen LogP contribution >= 0.6 is 0 Å². The number of ether oxygens (including phenoxy) is 2. The van der Waals surface area contributed by atoms with Gasteiger partial charge in [0.1, 0.15) is 12.4 Å². The molecular formula is C24H21FN2O3. The number of halogens is 1. The molecule has 1 heterocycles. The zero-order chi connectivity index (χ0) is 21.1. The maximum atomic E-state index is 14.0. The summed E-state index contributed by atoms with van der Waals surface area (Å²) < 4.78 is 30.6. The molecule has 0 saturated heterocycles. The predicted molar refractivity (Wildman–Crippen MR) is 112 cm³/mol. The molecule has 0 fully saturated rings. The number of benzene rings is 3. The second-order valence-corrected chi connectivity index (χ2v) is 6.98. The van der Waals surface area contributed by atoms with Gasteiger partial charge in [-0.2, -0.15) is 4.98 Å². The van der Waals surface area contributed by atoms with Crippen LogP contribution in [0.3, 0.4) is 0 Å². The molecule has 0 atom stereocenters. The number of hydrogen-bond donors (Lipinski definition) is 0. The molecule has 30 heavy (non-hydrogen) atoms. The molecule has 1 aromatic heterocycles. The molecule has 0 spiro atoms. The van der Waals surface area contributed by atoms with Crippen LogP contribution in [0.5, 0.6) is 11.5 Å². The molecule has 152 valence electrons. The van der Waals surface area contributed by atoms with Gasteiger partial charge in [0.2, 0.25) is 5.82 Å². The summed E-state index contributed by atoms with van der Waals surface area (Å²) in [6, 6.07) is 17.9. The average Bonchev–Trinajstić information content (AvgIpc) is 3.25. The first-order valence-corrected chi connectivity index (χ1v) is 9.51. The van der Waals surface area contributed by atoms with Crippen LogP contribution in [0, 0.1) is 19.7 Å². The van der Waals surface area contributed by atoms with Crippen molar-refractivity contribution in [2.45, 2.75) is 20.5 Å². The topological polar surface area (TPSA) is 57.4 Å². The minimum absolute atomic E-state index is 0.122. The molecule has 0 aliphatic carbocycles. The molecule has 5 nitrogen and oxygen atoms in total. The highest BCUT2D eigenvalue weighted by Crippen LogP contribution is 2.33. The summed E-state index contributed by atoms with van der Waals surface area (Å²) in [4.78, 5) is 4.31. The van der Waals surface area contributed by atoms with E-state index in [1.807, 2.05) is 12.1 Å². The van der Waals surface area contributed by atoms with Gasteiger partial charge in [0.05, 0.1) is 12.7 Å². The molecule has 0 radical (unpaired) electrons. The van der Waals surface area contributed by atoms with E-state index in [0.717, 1.165) is 5.56 Å². The highest BCUT2D eigenvalue weighted by atomic mass is 19.1. The van der Waals surface area contributed by atoms with Gasteiger partial charge in [0.15, 0.2) is 11.5 Å². The Hall–Kier alpha value is -3.67. The van der Waals surface area contributed by atoms with Crippen molar-refractivity contribution >= 4 is 0 Å². The van der Waals surface area contributed by atoms with Gasteiger partial charge in [-0.3, -0.25) is 0 Å². The third-order valence-electron chi connectivity index (χ3n) is 4.92. The second-order valence-electron chi connectivity index (χ2n) is 6.98. The van der Waals surface area contributed by atoms with Crippen LogP contribution in [-0.2, 0) is 6.61 Å². The lowest BCUT2D eigenvalue weighted by Gasteiger charge is -2.12. The van der Waals surface area contributed by atoms with Crippen molar-refractivity contribution in [3.05, 3.63) is 83.2 Å². The quantitative estimate of drug-likeness (QED) is 0.410. The molecule has 0 bridgehead atoms. The molecule has 0 aliphatic rings. The van der Waals surface area contributed by atoms with Crippen molar-refractivity contribution in [3.8, 4) is 34.3 Å². The molecule has 6 heteroatoms. The average molecular weight is 404 g/mol. The zero-order valence-corrected chi connectivity index (χ0v) is 17.0. The molecule has 0 N–H and O–H groups in total. The van der Waals surface area contributed by atoms with Gasteiger partial charge >= 0.3 is 0 Å². The summed E-state index contributed by atoms with van der Waals surface area (Å²) >= 11 is 0. The second kappa shape index (κ2) is 8.37. The van der Waals surface area contributed by atoms with E-state index in [0.29, 0.717) is 29.5 Å².